The van der Waals surface area contributed by atoms with Gasteiger partial charge in [-0.15, -0.1) is 0 Å². The average Bonchev–Trinajstić information content (AvgIpc) is 2.71. The van der Waals surface area contributed by atoms with Gasteiger partial charge in [0.1, 0.15) is 12.0 Å². The Kier molecular flexibility index (Phi) is 5.01. The number of pyridine rings is 1. The molecule has 0 aliphatic heterocycles. The molecule has 0 aliphatic rings. The van der Waals surface area contributed by atoms with E-state index >= 15 is 0 Å². The second-order valence-electron chi connectivity index (χ2n) is 6.60. The van der Waals surface area contributed by atoms with Gasteiger partial charge in [0.2, 0.25) is 0 Å². The molecule has 0 saturated heterocycles. The Bertz CT molecular complexity index is 1090. The lowest BCUT2D eigenvalue weighted by atomic mass is 10.1. The highest BCUT2D eigenvalue weighted by atomic mass is 15.1. The van der Waals surface area contributed by atoms with Crippen molar-refractivity contribution in [1.29, 1.82) is 0 Å². The minimum absolute atomic E-state index is 0.493. The Morgan fingerprint density at radius 2 is 1.71 bits per heavy atom. The largest absolute Gasteiger partial charge is 0.393 e. The van der Waals surface area contributed by atoms with Crippen LogP contribution in [0.2, 0.25) is 0 Å². The molecule has 140 valence electrons. The normalized spacial score (nSPS) is 10.8. The Hall–Kier alpha value is -3.67. The number of nitrogens with zero attached hydrogens (tertiary/aromatic N) is 3. The van der Waals surface area contributed by atoms with E-state index in [1.54, 1.807) is 0 Å². The van der Waals surface area contributed by atoms with Crippen molar-refractivity contribution in [3.05, 3.63) is 78.2 Å². The fraction of sp³-hybridized carbons (Fsp3) is 0.136. The first-order valence-corrected chi connectivity index (χ1v) is 9.22. The lowest BCUT2D eigenvalue weighted by Gasteiger charge is -2.14. The monoisotopic (exact) mass is 370 g/mol. The smallest absolute Gasteiger partial charge is 0.159 e. The molecule has 0 atom stereocenters. The fourth-order valence-electron chi connectivity index (χ4n) is 3.10. The summed E-state index contributed by atoms with van der Waals surface area (Å²) in [5, 5.41) is 7.65. The highest BCUT2D eigenvalue weighted by Gasteiger charge is 2.10. The van der Waals surface area contributed by atoms with E-state index in [0.717, 1.165) is 35.2 Å². The molecule has 0 amide bonds. The van der Waals surface area contributed by atoms with Gasteiger partial charge in [-0.05, 0) is 43.2 Å². The molecule has 2 heterocycles. The summed E-state index contributed by atoms with van der Waals surface area (Å²) in [7, 11) is 0. The van der Waals surface area contributed by atoms with E-state index in [-0.39, 0.29) is 0 Å². The van der Waals surface area contributed by atoms with E-state index in [1.807, 2.05) is 49.4 Å². The maximum absolute atomic E-state index is 6.31. The molecule has 0 unspecified atom stereocenters. The number of nitrogen functional groups attached to an aromatic ring is 1. The van der Waals surface area contributed by atoms with E-state index in [4.69, 9.17) is 5.73 Å². The van der Waals surface area contributed by atoms with Gasteiger partial charge in [0.05, 0.1) is 5.52 Å². The van der Waals surface area contributed by atoms with Crippen molar-refractivity contribution in [3.63, 3.8) is 0 Å². The van der Waals surface area contributed by atoms with Crippen LogP contribution in [0.15, 0.2) is 67.0 Å². The Morgan fingerprint density at radius 3 is 2.57 bits per heavy atom. The molecule has 2 aromatic carbocycles. The van der Waals surface area contributed by atoms with Crippen LogP contribution in [-0.2, 0) is 6.42 Å². The molecule has 0 spiro atoms. The summed E-state index contributed by atoms with van der Waals surface area (Å²) < 4.78 is 0. The predicted octanol–water partition coefficient (Wildman–Crippen LogP) is 4.31. The Balaban J connectivity index is 1.52. The molecular formula is C22H22N6. The number of aromatic nitrogens is 3. The first-order chi connectivity index (χ1) is 13.7. The van der Waals surface area contributed by atoms with Crippen LogP contribution in [0, 0.1) is 6.92 Å². The minimum atomic E-state index is 0.493. The van der Waals surface area contributed by atoms with Gasteiger partial charge in [-0.2, -0.15) is 0 Å². The van der Waals surface area contributed by atoms with Crippen LogP contribution in [-0.4, -0.2) is 21.5 Å². The molecule has 2 aromatic heterocycles. The molecule has 4 aromatic rings. The van der Waals surface area contributed by atoms with Crippen LogP contribution in [0.1, 0.15) is 11.3 Å². The van der Waals surface area contributed by atoms with Crippen LogP contribution < -0.4 is 16.4 Å². The van der Waals surface area contributed by atoms with Crippen molar-refractivity contribution >= 4 is 33.9 Å². The lowest BCUT2D eigenvalue weighted by Crippen LogP contribution is -2.10. The van der Waals surface area contributed by atoms with Gasteiger partial charge in [-0.3, -0.25) is 4.98 Å². The van der Waals surface area contributed by atoms with Crippen molar-refractivity contribution < 1.29 is 0 Å². The zero-order valence-corrected chi connectivity index (χ0v) is 15.7. The Morgan fingerprint density at radius 1 is 0.893 bits per heavy atom. The number of aryl methyl sites for hydroxylation is 1. The van der Waals surface area contributed by atoms with E-state index < -0.39 is 0 Å². The van der Waals surface area contributed by atoms with Crippen LogP contribution in [0.3, 0.4) is 0 Å². The molecule has 0 radical (unpaired) electrons. The SMILES string of the molecule is Cc1ccc2c(Nc3ncnc(NCCc4ccccc4)c3N)cccc2n1. The van der Waals surface area contributed by atoms with Gasteiger partial charge in [-0.1, -0.05) is 36.4 Å². The summed E-state index contributed by atoms with van der Waals surface area (Å²) in [6.07, 6.45) is 2.40. The van der Waals surface area contributed by atoms with Crippen LogP contribution in [0.4, 0.5) is 23.0 Å². The molecular weight excluding hydrogens is 348 g/mol. The van der Waals surface area contributed by atoms with Gasteiger partial charge in [0.25, 0.3) is 0 Å². The lowest BCUT2D eigenvalue weighted by molar-refractivity contribution is 1.00. The first-order valence-electron chi connectivity index (χ1n) is 9.22. The first kappa shape index (κ1) is 17.7. The van der Waals surface area contributed by atoms with Crippen LogP contribution >= 0.6 is 0 Å². The van der Waals surface area contributed by atoms with Crippen molar-refractivity contribution in [2.45, 2.75) is 13.3 Å². The molecule has 6 heteroatoms. The third-order valence-corrected chi connectivity index (χ3v) is 4.56. The zero-order chi connectivity index (χ0) is 19.3. The second kappa shape index (κ2) is 7.92. The van der Waals surface area contributed by atoms with Gasteiger partial charge < -0.3 is 16.4 Å². The maximum Gasteiger partial charge on any atom is 0.159 e. The summed E-state index contributed by atoms with van der Waals surface area (Å²) in [4.78, 5) is 13.2. The van der Waals surface area contributed by atoms with Crippen molar-refractivity contribution in [1.82, 2.24) is 15.0 Å². The van der Waals surface area contributed by atoms with Crippen LogP contribution in [0.5, 0.6) is 0 Å². The minimum Gasteiger partial charge on any atom is -0.393 e. The number of rotatable bonds is 6. The molecule has 0 bridgehead atoms. The highest BCUT2D eigenvalue weighted by molar-refractivity contribution is 5.94. The van der Waals surface area contributed by atoms with E-state index in [0.29, 0.717) is 17.3 Å². The number of nitrogens with two attached hydrogens (primary N) is 1. The molecule has 0 saturated carbocycles. The van der Waals surface area contributed by atoms with E-state index in [2.05, 4.69) is 43.8 Å². The number of hydrogen-bond acceptors (Lipinski definition) is 6. The highest BCUT2D eigenvalue weighted by Crippen LogP contribution is 2.29. The third-order valence-electron chi connectivity index (χ3n) is 4.56. The number of anilines is 4. The van der Waals surface area contributed by atoms with Crippen molar-refractivity contribution in [3.8, 4) is 0 Å². The molecule has 0 fully saturated rings. The molecule has 28 heavy (non-hydrogen) atoms. The number of nitrogens with one attached hydrogen (secondary N) is 2. The van der Waals surface area contributed by atoms with Crippen molar-refractivity contribution in [2.75, 3.05) is 22.9 Å². The van der Waals surface area contributed by atoms with Crippen molar-refractivity contribution in [2.24, 2.45) is 0 Å². The predicted molar refractivity (Wildman–Crippen MR) is 115 cm³/mol. The van der Waals surface area contributed by atoms with Gasteiger partial charge in [-0.25, -0.2) is 9.97 Å². The molecule has 4 rings (SSSR count). The standard InChI is InChI=1S/C22H22N6/c1-15-10-11-17-18(27-15)8-5-9-19(17)28-22-20(23)21(25-14-26-22)24-13-12-16-6-3-2-4-7-16/h2-11,14H,12-13,23H2,1H3,(H2,24,25,26,28). The van der Waals surface area contributed by atoms with E-state index in [9.17, 15) is 0 Å². The quantitative estimate of drug-likeness (QED) is 0.469. The summed E-state index contributed by atoms with van der Waals surface area (Å²) in [6.45, 7) is 2.72. The summed E-state index contributed by atoms with van der Waals surface area (Å²) >= 11 is 0. The topological polar surface area (TPSA) is 88.8 Å². The van der Waals surface area contributed by atoms with Gasteiger partial charge >= 0.3 is 0 Å². The number of fused-ring (bicyclic) bond motifs is 1. The van der Waals surface area contributed by atoms with Gasteiger partial charge in [0.15, 0.2) is 11.6 Å². The molecule has 4 N–H and O–H groups in total. The summed E-state index contributed by atoms with van der Waals surface area (Å²) in [6, 6.07) is 20.3. The number of hydrogen-bond donors (Lipinski definition) is 3. The average molecular weight is 370 g/mol. The zero-order valence-electron chi connectivity index (χ0n) is 15.7. The van der Waals surface area contributed by atoms with Gasteiger partial charge in [0, 0.05) is 23.3 Å². The fourth-order valence-corrected chi connectivity index (χ4v) is 3.10. The molecule has 6 nitrogen and oxygen atoms in total. The maximum atomic E-state index is 6.31. The molecule has 0 aliphatic carbocycles. The Labute approximate surface area is 163 Å². The second-order valence-corrected chi connectivity index (χ2v) is 6.60. The number of benzene rings is 2. The summed E-state index contributed by atoms with van der Waals surface area (Å²) in [5.41, 5.74) is 10.9. The third kappa shape index (κ3) is 3.86. The summed E-state index contributed by atoms with van der Waals surface area (Å²) in [5.74, 6) is 1.20. The van der Waals surface area contributed by atoms with E-state index in [1.165, 1.54) is 11.9 Å². The van der Waals surface area contributed by atoms with Crippen LogP contribution in [0.25, 0.3) is 10.9 Å².